The fourth-order valence-corrected chi connectivity index (χ4v) is 4.36. The van der Waals surface area contributed by atoms with E-state index in [4.69, 9.17) is 13.9 Å². The second-order valence-corrected chi connectivity index (χ2v) is 16.4. The van der Waals surface area contributed by atoms with E-state index < -0.39 is 38.1 Å². The van der Waals surface area contributed by atoms with Crippen molar-refractivity contribution in [3.8, 4) is 0 Å². The van der Waals surface area contributed by atoms with E-state index in [9.17, 15) is 14.7 Å². The van der Waals surface area contributed by atoms with E-state index >= 15 is 0 Å². The maximum atomic E-state index is 13.0. The molecule has 1 aromatic rings. The van der Waals surface area contributed by atoms with Crippen molar-refractivity contribution in [1.82, 2.24) is 0 Å². The van der Waals surface area contributed by atoms with Gasteiger partial charge in [0, 0.05) is 6.61 Å². The summed E-state index contributed by atoms with van der Waals surface area (Å²) >= 11 is 0. The van der Waals surface area contributed by atoms with E-state index in [0.717, 1.165) is 19.3 Å². The minimum Gasteiger partial charge on any atom is -0.479 e. The van der Waals surface area contributed by atoms with Crippen LogP contribution in [-0.2, 0) is 29.9 Å². The first kappa shape index (κ1) is 30.3. The van der Waals surface area contributed by atoms with Gasteiger partial charge < -0.3 is 19.0 Å². The predicted molar refractivity (Wildman–Crippen MR) is 139 cm³/mol. The van der Waals surface area contributed by atoms with Crippen LogP contribution in [0, 0.1) is 13.8 Å². The van der Waals surface area contributed by atoms with Gasteiger partial charge in [-0.3, -0.25) is 0 Å². The molecule has 0 aliphatic heterocycles. The molecule has 7 heteroatoms. The fourth-order valence-electron chi connectivity index (χ4n) is 3.15. The molecule has 0 fully saturated rings. The second kappa shape index (κ2) is 12.3. The van der Waals surface area contributed by atoms with Gasteiger partial charge in [-0.2, -0.15) is 0 Å². The molecule has 2 atom stereocenters. The maximum Gasteiger partial charge on any atom is 0.337 e. The van der Waals surface area contributed by atoms with Crippen LogP contribution in [0.4, 0.5) is 0 Å². The van der Waals surface area contributed by atoms with Crippen molar-refractivity contribution in [2.24, 2.45) is 0 Å². The number of hydrogen-bond donors (Lipinski definition) is 1. The lowest BCUT2D eigenvalue weighted by molar-refractivity contribution is -0.180. The summed E-state index contributed by atoms with van der Waals surface area (Å²) in [6.07, 6.45) is 0.838. The second-order valence-electron chi connectivity index (χ2n) is 11.7. The molecule has 1 aromatic carbocycles. The summed E-state index contributed by atoms with van der Waals surface area (Å²) in [5, 5.41) is 9.69. The van der Waals surface area contributed by atoms with E-state index in [1.165, 1.54) is 16.7 Å². The van der Waals surface area contributed by atoms with E-state index in [2.05, 4.69) is 32.0 Å². The molecule has 0 aromatic heterocycles. The van der Waals surface area contributed by atoms with Gasteiger partial charge in [-0.1, -0.05) is 45.4 Å². The topological polar surface area (TPSA) is 82.1 Å². The minimum absolute atomic E-state index is 0.204. The molecule has 0 amide bonds. The smallest absolute Gasteiger partial charge is 0.337 e. The molecular weight excluding hydrogens is 448 g/mol. The number of carbonyl (C=O) groups excluding carboxylic acids is 1. The molecule has 1 N–H and O–H groups in total. The minimum atomic E-state index is -2.47. The third kappa shape index (κ3) is 9.88. The first-order valence-corrected chi connectivity index (χ1v) is 15.2. The molecule has 0 radical (unpaired) electrons. The molecule has 0 heterocycles. The van der Waals surface area contributed by atoms with Crippen LogP contribution in [0.2, 0.25) is 18.1 Å². The Morgan fingerprint density at radius 3 is 2.06 bits per heavy atom. The molecule has 2 unspecified atom stereocenters. The monoisotopic (exact) mass is 494 g/mol. The van der Waals surface area contributed by atoms with Crippen LogP contribution in [0.1, 0.15) is 77.5 Å². The molecule has 0 saturated heterocycles. The predicted octanol–water partition coefficient (Wildman–Crippen LogP) is 6.22. The summed E-state index contributed by atoms with van der Waals surface area (Å²) in [6.45, 7) is 19.8. The van der Waals surface area contributed by atoms with Crippen molar-refractivity contribution in [2.45, 2.75) is 117 Å². The third-order valence-corrected chi connectivity index (χ3v) is 10.8. The highest BCUT2D eigenvalue weighted by Gasteiger charge is 2.46. The molecule has 0 spiro atoms. The number of benzene rings is 1. The molecule has 6 nitrogen and oxygen atoms in total. The number of ether oxygens (including phenoxy) is 2. The largest absolute Gasteiger partial charge is 0.479 e. The van der Waals surface area contributed by atoms with Gasteiger partial charge in [-0.05, 0) is 88.7 Å². The average molecular weight is 495 g/mol. The number of aliphatic carboxylic acids is 1. The average Bonchev–Trinajstić information content (AvgIpc) is 2.66. The van der Waals surface area contributed by atoms with E-state index in [-0.39, 0.29) is 11.6 Å². The van der Waals surface area contributed by atoms with Crippen LogP contribution in [0.5, 0.6) is 0 Å². The van der Waals surface area contributed by atoms with Crippen LogP contribution in [0.3, 0.4) is 0 Å². The van der Waals surface area contributed by atoms with E-state index in [1.54, 1.807) is 20.8 Å². The SMILES string of the molecule is Cc1ccc(CCCCCOC(C(=O)O)C(O[Si](C)(C)C(C)(C)C)C(=O)OC(C)(C)C)cc1C. The zero-order valence-corrected chi connectivity index (χ0v) is 23.9. The number of unbranched alkanes of at least 4 members (excludes halogenated alkanes) is 2. The van der Waals surface area contributed by atoms with Crippen molar-refractivity contribution in [1.29, 1.82) is 0 Å². The van der Waals surface area contributed by atoms with Gasteiger partial charge in [0.25, 0.3) is 0 Å². The number of rotatable bonds is 12. The first-order valence-electron chi connectivity index (χ1n) is 12.3. The summed E-state index contributed by atoms with van der Waals surface area (Å²) in [4.78, 5) is 25.1. The van der Waals surface area contributed by atoms with Crippen molar-refractivity contribution < 1.29 is 28.6 Å². The summed E-state index contributed by atoms with van der Waals surface area (Å²) in [5.74, 6) is -1.91. The molecule has 0 aliphatic carbocycles. The van der Waals surface area contributed by atoms with Crippen molar-refractivity contribution in [3.63, 3.8) is 0 Å². The number of hydrogen-bond acceptors (Lipinski definition) is 5. The Kier molecular flexibility index (Phi) is 11.0. The molecule has 0 saturated carbocycles. The highest BCUT2D eigenvalue weighted by molar-refractivity contribution is 6.74. The van der Waals surface area contributed by atoms with Gasteiger partial charge in [-0.15, -0.1) is 0 Å². The van der Waals surface area contributed by atoms with Gasteiger partial charge in [-0.25, -0.2) is 9.59 Å². The Balaban J connectivity index is 2.79. The van der Waals surface area contributed by atoms with Crippen molar-refractivity contribution in [3.05, 3.63) is 34.9 Å². The molecule has 0 aliphatic rings. The summed E-state index contributed by atoms with van der Waals surface area (Å²) in [5.41, 5.74) is 3.13. The number of carboxylic acid groups (broad SMARTS) is 1. The lowest BCUT2D eigenvalue weighted by Gasteiger charge is -2.40. The number of esters is 1. The van der Waals surface area contributed by atoms with Crippen LogP contribution in [-0.4, -0.2) is 49.8 Å². The van der Waals surface area contributed by atoms with Crippen molar-refractivity contribution >= 4 is 20.3 Å². The number of aryl methyl sites for hydroxylation is 3. The van der Waals surface area contributed by atoms with E-state index in [1.807, 2.05) is 33.9 Å². The Bertz CT molecular complexity index is 819. The molecular formula is C27H46O6Si. The Hall–Kier alpha value is -1.70. The molecule has 1 rings (SSSR count). The maximum absolute atomic E-state index is 13.0. The van der Waals surface area contributed by atoms with Gasteiger partial charge in [0.05, 0.1) is 0 Å². The van der Waals surface area contributed by atoms with E-state index in [0.29, 0.717) is 6.42 Å². The van der Waals surface area contributed by atoms with Gasteiger partial charge in [0.1, 0.15) is 5.60 Å². The molecule has 194 valence electrons. The van der Waals surface area contributed by atoms with Crippen LogP contribution < -0.4 is 0 Å². The Morgan fingerprint density at radius 1 is 0.941 bits per heavy atom. The van der Waals surface area contributed by atoms with Crippen LogP contribution in [0.25, 0.3) is 0 Å². The van der Waals surface area contributed by atoms with Gasteiger partial charge >= 0.3 is 11.9 Å². The number of carbonyl (C=O) groups is 2. The standard InChI is InChI=1S/C27H46O6Si/c1-19-15-16-21(18-20(19)2)14-12-11-13-17-31-22(24(28)29)23(25(30)32-26(3,4)5)33-34(9,10)27(6,7)8/h15-16,18,22-23H,11-14,17H2,1-10H3,(H,28,29). The van der Waals surface area contributed by atoms with Crippen LogP contribution in [0.15, 0.2) is 18.2 Å². The highest BCUT2D eigenvalue weighted by atomic mass is 28.4. The van der Waals surface area contributed by atoms with Crippen molar-refractivity contribution in [2.75, 3.05) is 6.61 Å². The molecule has 0 bridgehead atoms. The first-order chi connectivity index (χ1) is 15.4. The lowest BCUT2D eigenvalue weighted by Crippen LogP contribution is -2.54. The summed E-state index contributed by atoms with van der Waals surface area (Å²) in [6, 6.07) is 6.52. The zero-order valence-electron chi connectivity index (χ0n) is 22.9. The lowest BCUT2D eigenvalue weighted by atomic mass is 10.0. The fraction of sp³-hybridized carbons (Fsp3) is 0.704. The van der Waals surface area contributed by atoms with Gasteiger partial charge in [0.2, 0.25) is 0 Å². The Morgan fingerprint density at radius 2 is 1.56 bits per heavy atom. The third-order valence-electron chi connectivity index (χ3n) is 6.36. The van der Waals surface area contributed by atoms with Crippen LogP contribution >= 0.6 is 0 Å². The zero-order chi connectivity index (χ0) is 26.3. The normalized spacial score (nSPS) is 14.5. The summed E-state index contributed by atoms with van der Waals surface area (Å²) in [7, 11) is -2.47. The quantitative estimate of drug-likeness (QED) is 0.211. The molecule has 34 heavy (non-hydrogen) atoms. The number of carboxylic acids is 1. The van der Waals surface area contributed by atoms with Gasteiger partial charge in [0.15, 0.2) is 20.5 Å². The summed E-state index contributed by atoms with van der Waals surface area (Å²) < 4.78 is 17.5. The highest BCUT2D eigenvalue weighted by Crippen LogP contribution is 2.38. The Labute approximate surface area is 207 Å².